The molecule has 20 heavy (non-hydrogen) atoms. The third-order valence-electron chi connectivity index (χ3n) is 2.72. The van der Waals surface area contributed by atoms with Crippen molar-refractivity contribution in [3.8, 4) is 6.07 Å². The molecule has 0 N–H and O–H groups in total. The minimum atomic E-state index is -4.45. The maximum Gasteiger partial charge on any atom is 0.416 e. The fourth-order valence-corrected chi connectivity index (χ4v) is 1.66. The minimum Gasteiger partial charge on any atom is -0.198 e. The lowest BCUT2D eigenvalue weighted by Crippen LogP contribution is -2.12. The van der Waals surface area contributed by atoms with Crippen molar-refractivity contribution in [2.75, 3.05) is 0 Å². The largest absolute Gasteiger partial charge is 0.416 e. The van der Waals surface area contributed by atoms with Gasteiger partial charge >= 0.3 is 12.4 Å². The summed E-state index contributed by atoms with van der Waals surface area (Å²) in [5, 5.41) is 8.77. The van der Waals surface area contributed by atoms with Crippen molar-refractivity contribution in [3.63, 3.8) is 0 Å². The van der Waals surface area contributed by atoms with Crippen LogP contribution in [0.3, 0.4) is 0 Å². The topological polar surface area (TPSA) is 23.8 Å². The predicted octanol–water partition coefficient (Wildman–Crippen LogP) is 4.73. The first kappa shape index (κ1) is 16.3. The number of rotatable bonds is 4. The average molecular weight is 295 g/mol. The summed E-state index contributed by atoms with van der Waals surface area (Å²) in [4.78, 5) is 0. The smallest absolute Gasteiger partial charge is 0.198 e. The second kappa shape index (κ2) is 6.16. The lowest BCUT2D eigenvalue weighted by atomic mass is 9.95. The molecule has 110 valence electrons. The van der Waals surface area contributed by atoms with Crippen LogP contribution in [0.1, 0.15) is 24.0 Å². The number of nitriles is 1. The van der Waals surface area contributed by atoms with E-state index in [-0.39, 0.29) is 12.8 Å². The van der Waals surface area contributed by atoms with Crippen molar-refractivity contribution in [2.24, 2.45) is 5.92 Å². The normalized spacial score (nSPS) is 13.8. The van der Waals surface area contributed by atoms with Gasteiger partial charge in [-0.15, -0.1) is 0 Å². The monoisotopic (exact) mass is 295 g/mol. The molecule has 1 rings (SSSR count). The summed E-state index contributed by atoms with van der Waals surface area (Å²) in [5.74, 6) is -0.867. The fraction of sp³-hybridized carbons (Fsp3) is 0.462. The standard InChI is InChI=1S/C13H11F6N/c14-12(15,16)6-5-10(8-20)7-9-1-3-11(4-2-9)13(17,18)19/h1-4,10H,5-7H2. The van der Waals surface area contributed by atoms with Crippen LogP contribution in [0.2, 0.25) is 0 Å². The van der Waals surface area contributed by atoms with Gasteiger partial charge in [0.25, 0.3) is 0 Å². The third-order valence-corrected chi connectivity index (χ3v) is 2.72. The second-order valence-corrected chi connectivity index (χ2v) is 4.38. The molecule has 0 spiro atoms. The zero-order chi connectivity index (χ0) is 15.4. The predicted molar refractivity (Wildman–Crippen MR) is 59.5 cm³/mol. The highest BCUT2D eigenvalue weighted by atomic mass is 19.4. The number of nitrogens with zero attached hydrogens (tertiary/aromatic N) is 1. The van der Waals surface area contributed by atoms with Crippen LogP contribution < -0.4 is 0 Å². The molecule has 0 aliphatic carbocycles. The summed E-state index contributed by atoms with van der Waals surface area (Å²) in [6, 6.07) is 5.82. The van der Waals surface area contributed by atoms with Crippen LogP contribution in [0.5, 0.6) is 0 Å². The van der Waals surface area contributed by atoms with Crippen LogP contribution in [0, 0.1) is 17.2 Å². The molecule has 1 nitrogen and oxygen atoms in total. The molecule has 0 amide bonds. The molecular weight excluding hydrogens is 284 g/mol. The molecule has 0 radical (unpaired) electrons. The number of alkyl halides is 6. The van der Waals surface area contributed by atoms with Crippen LogP contribution in [0.25, 0.3) is 0 Å². The number of hydrogen-bond acceptors (Lipinski definition) is 1. The molecule has 0 aliphatic heterocycles. The molecule has 1 atom stereocenters. The third kappa shape index (κ3) is 5.51. The Hall–Kier alpha value is -1.71. The zero-order valence-electron chi connectivity index (χ0n) is 10.2. The average Bonchev–Trinajstić information content (AvgIpc) is 2.33. The first-order valence-electron chi connectivity index (χ1n) is 5.74. The van der Waals surface area contributed by atoms with Gasteiger partial charge in [0.2, 0.25) is 0 Å². The highest BCUT2D eigenvalue weighted by Gasteiger charge is 2.30. The Kier molecular flexibility index (Phi) is 5.03. The lowest BCUT2D eigenvalue weighted by molar-refractivity contribution is -0.138. The summed E-state index contributed by atoms with van der Waals surface area (Å²) < 4.78 is 73.1. The van der Waals surface area contributed by atoms with Gasteiger partial charge in [-0.25, -0.2) is 0 Å². The molecule has 7 heteroatoms. The first-order valence-corrected chi connectivity index (χ1v) is 5.74. The van der Waals surface area contributed by atoms with Gasteiger partial charge in [0.05, 0.1) is 17.6 Å². The Bertz CT molecular complexity index is 466. The van der Waals surface area contributed by atoms with Gasteiger partial charge in [0, 0.05) is 6.42 Å². The Morgan fingerprint density at radius 3 is 1.95 bits per heavy atom. The van der Waals surface area contributed by atoms with Crippen molar-refractivity contribution in [3.05, 3.63) is 35.4 Å². The fourth-order valence-electron chi connectivity index (χ4n) is 1.66. The molecule has 0 heterocycles. The molecular formula is C13H11F6N. The summed E-state index contributed by atoms with van der Waals surface area (Å²) in [6.07, 6.45) is -10.2. The van der Waals surface area contributed by atoms with E-state index in [1.807, 2.05) is 0 Å². The van der Waals surface area contributed by atoms with Crippen molar-refractivity contribution in [1.29, 1.82) is 5.26 Å². The molecule has 0 saturated heterocycles. The summed E-state index contributed by atoms with van der Waals surface area (Å²) >= 11 is 0. The molecule has 0 aromatic heterocycles. The zero-order valence-corrected chi connectivity index (χ0v) is 10.2. The number of benzene rings is 1. The van der Waals surface area contributed by atoms with Crippen LogP contribution in [-0.4, -0.2) is 6.18 Å². The molecule has 0 fully saturated rings. The van der Waals surface area contributed by atoms with Gasteiger partial charge in [-0.2, -0.15) is 31.6 Å². The molecule has 0 bridgehead atoms. The lowest BCUT2D eigenvalue weighted by Gasteiger charge is -2.12. The second-order valence-electron chi connectivity index (χ2n) is 4.38. The van der Waals surface area contributed by atoms with Gasteiger partial charge in [0.15, 0.2) is 0 Å². The highest BCUT2D eigenvalue weighted by Crippen LogP contribution is 2.30. The van der Waals surface area contributed by atoms with Gasteiger partial charge < -0.3 is 0 Å². The van der Waals surface area contributed by atoms with Crippen molar-refractivity contribution in [1.82, 2.24) is 0 Å². The van der Waals surface area contributed by atoms with E-state index in [0.717, 1.165) is 12.1 Å². The van der Waals surface area contributed by atoms with Crippen molar-refractivity contribution in [2.45, 2.75) is 31.6 Å². The van der Waals surface area contributed by atoms with E-state index in [9.17, 15) is 26.3 Å². The van der Waals surface area contributed by atoms with Crippen LogP contribution in [-0.2, 0) is 12.6 Å². The SMILES string of the molecule is N#CC(CCC(F)(F)F)Cc1ccc(C(F)(F)F)cc1. The number of hydrogen-bond donors (Lipinski definition) is 0. The first-order chi connectivity index (χ1) is 9.12. The van der Waals surface area contributed by atoms with Gasteiger partial charge in [-0.1, -0.05) is 12.1 Å². The molecule has 1 aromatic carbocycles. The van der Waals surface area contributed by atoms with E-state index in [1.54, 1.807) is 6.07 Å². The highest BCUT2D eigenvalue weighted by molar-refractivity contribution is 5.25. The Morgan fingerprint density at radius 2 is 1.55 bits per heavy atom. The maximum absolute atomic E-state index is 12.3. The van der Waals surface area contributed by atoms with Gasteiger partial charge in [-0.3, -0.25) is 0 Å². The maximum atomic E-state index is 12.3. The molecule has 0 aliphatic rings. The van der Waals surface area contributed by atoms with Crippen LogP contribution in [0.4, 0.5) is 26.3 Å². The minimum absolute atomic E-state index is 0.00468. The van der Waals surface area contributed by atoms with Gasteiger partial charge in [-0.05, 0) is 30.5 Å². The van der Waals surface area contributed by atoms with E-state index < -0.39 is 30.3 Å². The van der Waals surface area contributed by atoms with E-state index in [1.165, 1.54) is 12.1 Å². The molecule has 1 aromatic rings. The van der Waals surface area contributed by atoms with Gasteiger partial charge in [0.1, 0.15) is 0 Å². The van der Waals surface area contributed by atoms with Crippen LogP contribution in [0.15, 0.2) is 24.3 Å². The summed E-state index contributed by atoms with van der Waals surface area (Å²) in [7, 11) is 0. The molecule has 1 unspecified atom stereocenters. The van der Waals surface area contributed by atoms with E-state index in [0.29, 0.717) is 5.56 Å². The summed E-state index contributed by atoms with van der Waals surface area (Å²) in [5.41, 5.74) is -0.420. The Morgan fingerprint density at radius 1 is 1.00 bits per heavy atom. The van der Waals surface area contributed by atoms with Crippen LogP contribution >= 0.6 is 0 Å². The number of halogens is 6. The molecule has 0 saturated carbocycles. The Balaban J connectivity index is 2.65. The summed E-state index contributed by atoms with van der Waals surface area (Å²) in [6.45, 7) is 0. The van der Waals surface area contributed by atoms with E-state index in [4.69, 9.17) is 5.26 Å². The van der Waals surface area contributed by atoms with E-state index >= 15 is 0 Å². The van der Waals surface area contributed by atoms with Crippen molar-refractivity contribution < 1.29 is 26.3 Å². The quantitative estimate of drug-likeness (QED) is 0.737. The Labute approximate surface area is 111 Å². The van der Waals surface area contributed by atoms with E-state index in [2.05, 4.69) is 0 Å². The van der Waals surface area contributed by atoms with Crippen molar-refractivity contribution >= 4 is 0 Å².